The lowest BCUT2D eigenvalue weighted by Gasteiger charge is -2.42. The lowest BCUT2D eigenvalue weighted by Crippen LogP contribution is -2.53. The van der Waals surface area contributed by atoms with E-state index in [-0.39, 0.29) is 33.6 Å². The topological polar surface area (TPSA) is 197 Å². The van der Waals surface area contributed by atoms with Crippen molar-refractivity contribution < 1.29 is 49.4 Å². The number of hydrogen-bond donors (Lipinski definition) is 6. The fourth-order valence-corrected chi connectivity index (χ4v) is 6.12. The largest absolute Gasteiger partial charge is 0.507 e. The second-order valence-electron chi connectivity index (χ2n) is 9.44. The predicted octanol–water partition coefficient (Wildman–Crippen LogP) is 0.0542. The Morgan fingerprint density at radius 1 is 1.25 bits per heavy atom. The Morgan fingerprint density at radius 2 is 1.94 bits per heavy atom. The molecule has 1 saturated heterocycles. The Kier molecular flexibility index (Phi) is 6.03. The molecule has 2 aliphatic carbocycles. The van der Waals surface area contributed by atoms with E-state index in [1.54, 1.807) is 12.3 Å². The summed E-state index contributed by atoms with van der Waals surface area (Å²) in [6, 6.07) is 0.747. The average molecular weight is 520 g/mol. The molecule has 36 heavy (non-hydrogen) atoms. The molecule has 6 atom stereocenters. The SMILES string of the molecule is C[C@@H]1O[C@@H](O[C@H]2C[C@](O)(C(=O)CO)Cc3c(O)c4c(c(O)c32)C(=O)c2ccsc2C4=O)C[C@H](N)[C@@H]1O. The van der Waals surface area contributed by atoms with Gasteiger partial charge in [-0.2, -0.15) is 0 Å². The zero-order valence-electron chi connectivity index (χ0n) is 19.1. The molecule has 0 amide bonds. The summed E-state index contributed by atoms with van der Waals surface area (Å²) in [5, 5.41) is 54.7. The van der Waals surface area contributed by atoms with Crippen LogP contribution < -0.4 is 5.73 Å². The molecular formula is C24H25NO10S. The van der Waals surface area contributed by atoms with Gasteiger partial charge in [0.05, 0.1) is 34.3 Å². The number of aliphatic hydroxyl groups excluding tert-OH is 2. The summed E-state index contributed by atoms with van der Waals surface area (Å²) in [4.78, 5) is 39.0. The molecule has 2 heterocycles. The minimum absolute atomic E-state index is 0.0388. The van der Waals surface area contributed by atoms with E-state index in [1.807, 2.05) is 0 Å². The van der Waals surface area contributed by atoms with E-state index in [1.165, 1.54) is 6.07 Å². The molecule has 0 saturated carbocycles. The highest BCUT2D eigenvalue weighted by Crippen LogP contribution is 2.52. The highest BCUT2D eigenvalue weighted by atomic mass is 32.1. The maximum atomic E-state index is 13.2. The number of thiophene rings is 1. The number of carbonyl (C=O) groups is 3. The number of phenolic OH excluding ortho intramolecular Hbond substituents is 2. The Hall–Kier alpha value is -2.71. The smallest absolute Gasteiger partial charge is 0.208 e. The van der Waals surface area contributed by atoms with Gasteiger partial charge in [-0.3, -0.25) is 14.4 Å². The molecule has 1 aliphatic heterocycles. The van der Waals surface area contributed by atoms with Crippen LogP contribution in [0.15, 0.2) is 11.4 Å². The zero-order valence-corrected chi connectivity index (χ0v) is 19.9. The zero-order chi connectivity index (χ0) is 26.1. The maximum absolute atomic E-state index is 13.2. The van der Waals surface area contributed by atoms with E-state index >= 15 is 0 Å². The third-order valence-electron chi connectivity index (χ3n) is 7.20. The van der Waals surface area contributed by atoms with Crippen molar-refractivity contribution in [1.82, 2.24) is 0 Å². The number of aliphatic hydroxyl groups is 3. The van der Waals surface area contributed by atoms with Crippen molar-refractivity contribution in [1.29, 1.82) is 0 Å². The second-order valence-corrected chi connectivity index (χ2v) is 10.4. The number of rotatable bonds is 4. The summed E-state index contributed by atoms with van der Waals surface area (Å²) >= 11 is 1.01. The summed E-state index contributed by atoms with van der Waals surface area (Å²) in [6.07, 6.45) is -4.92. The molecule has 11 nitrogen and oxygen atoms in total. The molecule has 0 spiro atoms. The third kappa shape index (κ3) is 3.60. The van der Waals surface area contributed by atoms with Crippen molar-refractivity contribution in [2.75, 3.05) is 6.61 Å². The lowest BCUT2D eigenvalue weighted by atomic mass is 9.72. The Bertz CT molecular complexity index is 1280. The van der Waals surface area contributed by atoms with Crippen LogP contribution in [-0.2, 0) is 20.7 Å². The maximum Gasteiger partial charge on any atom is 0.208 e. The molecule has 12 heteroatoms. The summed E-state index contributed by atoms with van der Waals surface area (Å²) < 4.78 is 11.7. The summed E-state index contributed by atoms with van der Waals surface area (Å²) in [6.45, 7) is 0.586. The first-order chi connectivity index (χ1) is 17.0. The normalized spacial score (nSPS) is 31.5. The summed E-state index contributed by atoms with van der Waals surface area (Å²) in [5.41, 5.74) is 2.84. The number of fused-ring (bicyclic) bond motifs is 3. The van der Waals surface area contributed by atoms with Gasteiger partial charge in [-0.1, -0.05) is 0 Å². The van der Waals surface area contributed by atoms with E-state index in [2.05, 4.69) is 0 Å². The van der Waals surface area contributed by atoms with Crippen molar-refractivity contribution in [3.05, 3.63) is 44.1 Å². The quantitative estimate of drug-likeness (QED) is 0.255. The molecule has 0 radical (unpaired) electrons. The van der Waals surface area contributed by atoms with Gasteiger partial charge in [-0.15, -0.1) is 11.3 Å². The van der Waals surface area contributed by atoms with Crippen molar-refractivity contribution in [2.24, 2.45) is 5.73 Å². The fraction of sp³-hybridized carbons (Fsp3) is 0.458. The number of carbonyl (C=O) groups excluding carboxylic acids is 3. The highest BCUT2D eigenvalue weighted by molar-refractivity contribution is 7.12. The van der Waals surface area contributed by atoms with Gasteiger partial charge in [-0.05, 0) is 18.4 Å². The van der Waals surface area contributed by atoms with Crippen molar-refractivity contribution in [2.45, 2.75) is 62.4 Å². The molecule has 0 bridgehead atoms. The molecule has 2 aromatic rings. The van der Waals surface area contributed by atoms with E-state index in [9.17, 15) is 39.9 Å². The molecule has 1 fully saturated rings. The Morgan fingerprint density at radius 3 is 2.61 bits per heavy atom. The molecule has 192 valence electrons. The number of phenols is 2. The van der Waals surface area contributed by atoms with Crippen molar-refractivity contribution in [3.63, 3.8) is 0 Å². The van der Waals surface area contributed by atoms with Gasteiger partial charge in [0.15, 0.2) is 17.9 Å². The monoisotopic (exact) mass is 519 g/mol. The second kappa shape index (κ2) is 8.70. The standard InChI is InChI=1S/C24H25NO10S/c1-8-18(28)11(25)4-14(34-8)35-12-6-24(33,13(27)7-26)5-10-15(12)21(31)16-17(20(10)30)22(32)23-9(19(16)29)2-3-36-23/h2-3,8,11-12,14,18,26,28,30-31,33H,4-7,25H2,1H3/t8-,11-,12-,14-,18+,24-/m0/s1. The predicted molar refractivity (Wildman–Crippen MR) is 123 cm³/mol. The average Bonchev–Trinajstić information content (AvgIpc) is 3.33. The molecule has 1 aromatic heterocycles. The molecule has 7 N–H and O–H groups in total. The van der Waals surface area contributed by atoms with Crippen molar-refractivity contribution in [3.8, 4) is 11.5 Å². The number of aromatic hydroxyl groups is 2. The van der Waals surface area contributed by atoms with Crippen molar-refractivity contribution >= 4 is 28.7 Å². The lowest BCUT2D eigenvalue weighted by molar-refractivity contribution is -0.247. The van der Waals surface area contributed by atoms with E-state index in [0.29, 0.717) is 0 Å². The van der Waals surface area contributed by atoms with Gasteiger partial charge in [0, 0.05) is 42.0 Å². The number of nitrogens with two attached hydrogens (primary N) is 1. The van der Waals surface area contributed by atoms with Crippen LogP contribution in [0.5, 0.6) is 11.5 Å². The number of ether oxygens (including phenoxy) is 2. The van der Waals surface area contributed by atoms with Crippen LogP contribution >= 0.6 is 11.3 Å². The number of Topliss-reactive ketones (excluding diaryl/α,β-unsaturated/α-hetero) is 1. The van der Waals surface area contributed by atoms with Crippen LogP contribution in [0.25, 0.3) is 0 Å². The van der Waals surface area contributed by atoms with Gasteiger partial charge >= 0.3 is 0 Å². The van der Waals surface area contributed by atoms with E-state index < -0.39 is 90.1 Å². The first-order valence-corrected chi connectivity index (χ1v) is 12.2. The first-order valence-electron chi connectivity index (χ1n) is 11.4. The Balaban J connectivity index is 1.66. The van der Waals surface area contributed by atoms with Crippen LogP contribution in [0.1, 0.15) is 68.2 Å². The molecule has 0 unspecified atom stereocenters. The van der Waals surface area contributed by atoms with Gasteiger partial charge < -0.3 is 40.7 Å². The molecule has 1 aromatic carbocycles. The molecule has 5 rings (SSSR count). The van der Waals surface area contributed by atoms with Gasteiger partial charge in [0.1, 0.15) is 23.7 Å². The van der Waals surface area contributed by atoms with Crippen LogP contribution in [0.4, 0.5) is 0 Å². The van der Waals surface area contributed by atoms with E-state index in [0.717, 1.165) is 11.3 Å². The third-order valence-corrected chi connectivity index (χ3v) is 8.12. The number of ketones is 3. The number of benzene rings is 1. The minimum atomic E-state index is -2.21. The summed E-state index contributed by atoms with van der Waals surface area (Å²) in [5.74, 6) is -3.54. The molecular weight excluding hydrogens is 494 g/mol. The van der Waals surface area contributed by atoms with E-state index in [4.69, 9.17) is 15.2 Å². The molecule has 3 aliphatic rings. The summed E-state index contributed by atoms with van der Waals surface area (Å²) in [7, 11) is 0. The van der Waals surface area contributed by atoms with Crippen LogP contribution in [0.2, 0.25) is 0 Å². The van der Waals surface area contributed by atoms with Gasteiger partial charge in [0.2, 0.25) is 5.78 Å². The van der Waals surface area contributed by atoms with Gasteiger partial charge in [0.25, 0.3) is 0 Å². The Labute approximate surface area is 208 Å². The first kappa shape index (κ1) is 25.0. The number of hydrogen-bond acceptors (Lipinski definition) is 12. The van der Waals surface area contributed by atoms with Crippen LogP contribution in [0.3, 0.4) is 0 Å². The fourth-order valence-electron chi connectivity index (χ4n) is 5.28. The van der Waals surface area contributed by atoms with Crippen LogP contribution in [0, 0.1) is 0 Å². The van der Waals surface area contributed by atoms with Crippen LogP contribution in [-0.4, -0.2) is 79.6 Å². The highest BCUT2D eigenvalue weighted by Gasteiger charge is 2.50. The minimum Gasteiger partial charge on any atom is -0.507 e. The van der Waals surface area contributed by atoms with Gasteiger partial charge in [-0.25, -0.2) is 0 Å².